The molecule has 5 nitrogen and oxygen atoms in total. The van der Waals surface area contributed by atoms with E-state index >= 15 is 0 Å². The lowest BCUT2D eigenvalue weighted by Crippen LogP contribution is -2.44. The van der Waals surface area contributed by atoms with Gasteiger partial charge < -0.3 is 19.9 Å². The molecule has 0 atom stereocenters. The minimum absolute atomic E-state index is 0.0362. The van der Waals surface area contributed by atoms with Crippen molar-refractivity contribution in [2.24, 2.45) is 0 Å². The first-order valence-corrected chi connectivity index (χ1v) is 7.66. The van der Waals surface area contributed by atoms with E-state index in [4.69, 9.17) is 4.74 Å². The van der Waals surface area contributed by atoms with Crippen LogP contribution in [0.2, 0.25) is 0 Å². The predicted molar refractivity (Wildman–Crippen MR) is 83.6 cm³/mol. The fraction of sp³-hybridized carbons (Fsp3) is 0.562. The van der Waals surface area contributed by atoms with Crippen molar-refractivity contribution < 1.29 is 9.53 Å². The first kappa shape index (κ1) is 15.6. The quantitative estimate of drug-likeness (QED) is 0.833. The Morgan fingerprint density at radius 1 is 1.24 bits per heavy atom. The number of rotatable bonds is 7. The maximum atomic E-state index is 11.9. The van der Waals surface area contributed by atoms with Crippen LogP contribution in [0.1, 0.15) is 12.8 Å². The molecule has 1 heterocycles. The molecule has 0 aromatic heterocycles. The monoisotopic (exact) mass is 291 g/mol. The van der Waals surface area contributed by atoms with Gasteiger partial charge in [-0.3, -0.25) is 0 Å². The van der Waals surface area contributed by atoms with E-state index in [0.717, 1.165) is 31.9 Å². The Kier molecular flexibility index (Phi) is 6.34. The molecule has 0 spiro atoms. The van der Waals surface area contributed by atoms with Crippen LogP contribution in [0.25, 0.3) is 0 Å². The van der Waals surface area contributed by atoms with E-state index in [-0.39, 0.29) is 6.03 Å². The van der Waals surface area contributed by atoms with Crippen LogP contribution in [-0.2, 0) is 0 Å². The van der Waals surface area contributed by atoms with Gasteiger partial charge in [-0.25, -0.2) is 4.79 Å². The van der Waals surface area contributed by atoms with Gasteiger partial charge in [-0.05, 0) is 38.1 Å². The summed E-state index contributed by atoms with van der Waals surface area (Å²) in [4.78, 5) is 16.1. The number of benzene rings is 1. The van der Waals surface area contributed by atoms with Crippen molar-refractivity contribution >= 4 is 6.03 Å². The molecule has 1 fully saturated rings. The molecular formula is C16H25N3O2. The Morgan fingerprint density at radius 2 is 1.95 bits per heavy atom. The van der Waals surface area contributed by atoms with Crippen LogP contribution in [0, 0.1) is 0 Å². The minimum Gasteiger partial charge on any atom is -0.492 e. The number of ether oxygens (including phenoxy) is 1. The van der Waals surface area contributed by atoms with Crippen molar-refractivity contribution in [3.63, 3.8) is 0 Å². The zero-order valence-electron chi connectivity index (χ0n) is 12.8. The van der Waals surface area contributed by atoms with Crippen LogP contribution < -0.4 is 10.1 Å². The van der Waals surface area contributed by atoms with Gasteiger partial charge in [0.15, 0.2) is 0 Å². The number of hydrogen-bond acceptors (Lipinski definition) is 3. The van der Waals surface area contributed by atoms with Crippen LogP contribution in [0.5, 0.6) is 5.75 Å². The third-order valence-electron chi connectivity index (χ3n) is 3.76. The topological polar surface area (TPSA) is 44.8 Å². The molecule has 1 aromatic carbocycles. The first-order chi connectivity index (χ1) is 10.3. The second-order valence-electron chi connectivity index (χ2n) is 5.25. The van der Waals surface area contributed by atoms with Crippen LogP contribution in [0.4, 0.5) is 4.79 Å². The largest absolute Gasteiger partial charge is 0.492 e. The van der Waals surface area contributed by atoms with Crippen molar-refractivity contribution in [3.8, 4) is 5.75 Å². The number of para-hydroxylation sites is 1. The highest BCUT2D eigenvalue weighted by Crippen LogP contribution is 2.09. The van der Waals surface area contributed by atoms with E-state index < -0.39 is 0 Å². The maximum Gasteiger partial charge on any atom is 0.317 e. The van der Waals surface area contributed by atoms with Gasteiger partial charge >= 0.3 is 6.03 Å². The molecule has 0 bridgehead atoms. The molecule has 0 radical (unpaired) electrons. The second-order valence-corrected chi connectivity index (χ2v) is 5.25. The number of nitrogens with zero attached hydrogens (tertiary/aromatic N) is 2. The number of nitrogens with one attached hydrogen (secondary N) is 1. The lowest BCUT2D eigenvalue weighted by atomic mass is 10.3. The van der Waals surface area contributed by atoms with Gasteiger partial charge in [-0.15, -0.1) is 0 Å². The van der Waals surface area contributed by atoms with Crippen LogP contribution in [0.3, 0.4) is 0 Å². The Bertz CT molecular complexity index is 419. The number of hydrogen-bond donors (Lipinski definition) is 1. The summed E-state index contributed by atoms with van der Waals surface area (Å²) in [5.74, 6) is 0.842. The second kappa shape index (κ2) is 8.52. The summed E-state index contributed by atoms with van der Waals surface area (Å²) in [6.07, 6.45) is 2.55. The predicted octanol–water partition coefficient (Wildman–Crippen LogP) is 1.80. The molecule has 0 saturated carbocycles. The number of amides is 2. The summed E-state index contributed by atoms with van der Waals surface area (Å²) >= 11 is 0. The van der Waals surface area contributed by atoms with E-state index in [0.29, 0.717) is 13.2 Å². The average molecular weight is 291 g/mol. The van der Waals surface area contributed by atoms with Gasteiger partial charge in [0.25, 0.3) is 0 Å². The normalized spacial score (nSPS) is 14.9. The van der Waals surface area contributed by atoms with E-state index in [1.807, 2.05) is 35.2 Å². The zero-order valence-corrected chi connectivity index (χ0v) is 12.8. The molecule has 0 unspecified atom stereocenters. The Hall–Kier alpha value is -1.75. The van der Waals surface area contributed by atoms with Crippen molar-refractivity contribution in [1.82, 2.24) is 15.1 Å². The van der Waals surface area contributed by atoms with E-state index in [2.05, 4.69) is 10.2 Å². The molecule has 2 rings (SSSR count). The van der Waals surface area contributed by atoms with Crippen molar-refractivity contribution in [1.29, 1.82) is 0 Å². The molecule has 1 aromatic rings. The van der Waals surface area contributed by atoms with Crippen molar-refractivity contribution in [2.45, 2.75) is 12.8 Å². The molecule has 0 aliphatic carbocycles. The SMILES string of the molecule is CNC(=O)N(CCOc1ccccc1)CCN1CCCC1. The fourth-order valence-corrected chi connectivity index (χ4v) is 2.53. The first-order valence-electron chi connectivity index (χ1n) is 7.66. The van der Waals surface area contributed by atoms with E-state index in [9.17, 15) is 4.79 Å². The standard InChI is InChI=1S/C16H25N3O2/c1-17-16(20)19(12-11-18-9-5-6-10-18)13-14-21-15-7-3-2-4-8-15/h2-4,7-8H,5-6,9-14H2,1H3,(H,17,20). The summed E-state index contributed by atoms with van der Waals surface area (Å²) in [5.41, 5.74) is 0. The Labute approximate surface area is 126 Å². The summed E-state index contributed by atoms with van der Waals surface area (Å²) in [7, 11) is 1.67. The lowest BCUT2D eigenvalue weighted by Gasteiger charge is -2.25. The average Bonchev–Trinajstić information content (AvgIpc) is 3.04. The lowest BCUT2D eigenvalue weighted by molar-refractivity contribution is 0.174. The molecule has 1 aliphatic heterocycles. The van der Waals surface area contributed by atoms with Gasteiger partial charge in [-0.1, -0.05) is 18.2 Å². The van der Waals surface area contributed by atoms with Gasteiger partial charge in [-0.2, -0.15) is 0 Å². The number of likely N-dealkylation sites (tertiary alicyclic amines) is 1. The van der Waals surface area contributed by atoms with Gasteiger partial charge in [0, 0.05) is 20.1 Å². The molecule has 1 aliphatic rings. The smallest absolute Gasteiger partial charge is 0.317 e. The molecule has 5 heteroatoms. The highest BCUT2D eigenvalue weighted by molar-refractivity contribution is 5.73. The minimum atomic E-state index is -0.0362. The third kappa shape index (κ3) is 5.27. The zero-order chi connectivity index (χ0) is 14.9. The van der Waals surface area contributed by atoms with Gasteiger partial charge in [0.05, 0.1) is 6.54 Å². The maximum absolute atomic E-state index is 11.9. The molecule has 1 saturated heterocycles. The van der Waals surface area contributed by atoms with Gasteiger partial charge in [0.1, 0.15) is 12.4 Å². The summed E-state index contributed by atoms with van der Waals surface area (Å²) in [5, 5.41) is 2.70. The fourth-order valence-electron chi connectivity index (χ4n) is 2.53. The van der Waals surface area contributed by atoms with E-state index in [1.165, 1.54) is 12.8 Å². The van der Waals surface area contributed by atoms with E-state index in [1.54, 1.807) is 7.05 Å². The van der Waals surface area contributed by atoms with Gasteiger partial charge in [0.2, 0.25) is 0 Å². The number of urea groups is 1. The number of carbonyl (C=O) groups is 1. The Morgan fingerprint density at radius 3 is 2.62 bits per heavy atom. The summed E-state index contributed by atoms with van der Waals surface area (Å²) < 4.78 is 5.67. The summed E-state index contributed by atoms with van der Waals surface area (Å²) in [6, 6.07) is 9.66. The molecular weight excluding hydrogens is 266 g/mol. The third-order valence-corrected chi connectivity index (χ3v) is 3.76. The van der Waals surface area contributed by atoms with Crippen LogP contribution in [0.15, 0.2) is 30.3 Å². The molecule has 1 N–H and O–H groups in total. The molecule has 21 heavy (non-hydrogen) atoms. The van der Waals surface area contributed by atoms with Crippen LogP contribution >= 0.6 is 0 Å². The van der Waals surface area contributed by atoms with Crippen LogP contribution in [-0.4, -0.2) is 62.2 Å². The van der Waals surface area contributed by atoms with Crippen molar-refractivity contribution in [2.75, 3.05) is 46.4 Å². The summed E-state index contributed by atoms with van der Waals surface area (Å²) in [6.45, 7) is 5.11. The highest BCUT2D eigenvalue weighted by atomic mass is 16.5. The number of carbonyl (C=O) groups excluding carboxylic acids is 1. The Balaban J connectivity index is 1.74. The highest BCUT2D eigenvalue weighted by Gasteiger charge is 2.16. The molecule has 2 amide bonds. The molecule has 116 valence electrons. The van der Waals surface area contributed by atoms with Crippen molar-refractivity contribution in [3.05, 3.63) is 30.3 Å².